The lowest BCUT2D eigenvalue weighted by Crippen LogP contribution is -2.10. The molecule has 84 valence electrons. The van der Waals surface area contributed by atoms with E-state index >= 15 is 0 Å². The minimum Gasteiger partial charge on any atom is -0.346 e. The highest BCUT2D eigenvalue weighted by molar-refractivity contribution is 5.03. The van der Waals surface area contributed by atoms with Gasteiger partial charge in [0, 0.05) is 18.3 Å². The van der Waals surface area contributed by atoms with Gasteiger partial charge in [0.1, 0.15) is 5.82 Å². The van der Waals surface area contributed by atoms with E-state index in [4.69, 9.17) is 0 Å². The van der Waals surface area contributed by atoms with Gasteiger partial charge < -0.3 is 10.3 Å². The predicted octanol–water partition coefficient (Wildman–Crippen LogP) is 1.76. The fourth-order valence-electron chi connectivity index (χ4n) is 2.20. The number of hydrogen-bond acceptors (Lipinski definition) is 2. The molecule has 1 saturated heterocycles. The van der Waals surface area contributed by atoms with Crippen LogP contribution < -0.4 is 5.32 Å². The van der Waals surface area contributed by atoms with Crippen LogP contribution in [-0.4, -0.2) is 23.1 Å². The van der Waals surface area contributed by atoms with Gasteiger partial charge in [0.25, 0.3) is 0 Å². The zero-order valence-electron chi connectivity index (χ0n) is 9.71. The molecule has 15 heavy (non-hydrogen) atoms. The van der Waals surface area contributed by atoms with E-state index in [9.17, 15) is 0 Å². The van der Waals surface area contributed by atoms with E-state index in [0.29, 0.717) is 5.92 Å². The van der Waals surface area contributed by atoms with E-state index in [1.54, 1.807) is 0 Å². The van der Waals surface area contributed by atoms with Crippen molar-refractivity contribution in [2.24, 2.45) is 11.8 Å². The molecule has 1 aromatic rings. The Hall–Kier alpha value is -0.830. The van der Waals surface area contributed by atoms with Crippen LogP contribution >= 0.6 is 0 Å². The lowest BCUT2D eigenvalue weighted by Gasteiger charge is -2.05. The van der Waals surface area contributed by atoms with Crippen molar-refractivity contribution in [3.05, 3.63) is 17.7 Å². The second kappa shape index (κ2) is 4.79. The smallest absolute Gasteiger partial charge is 0.106 e. The maximum absolute atomic E-state index is 4.42. The number of imidazole rings is 1. The van der Waals surface area contributed by atoms with Crippen LogP contribution in [0.2, 0.25) is 0 Å². The van der Waals surface area contributed by atoms with Crippen molar-refractivity contribution in [3.8, 4) is 0 Å². The quantitative estimate of drug-likeness (QED) is 0.790. The van der Waals surface area contributed by atoms with Gasteiger partial charge >= 0.3 is 0 Å². The third-order valence-electron chi connectivity index (χ3n) is 2.95. The van der Waals surface area contributed by atoms with Crippen molar-refractivity contribution in [2.75, 3.05) is 13.1 Å². The molecule has 0 bridgehead atoms. The Morgan fingerprint density at radius 1 is 1.53 bits per heavy atom. The van der Waals surface area contributed by atoms with Gasteiger partial charge in [-0.2, -0.15) is 0 Å². The summed E-state index contributed by atoms with van der Waals surface area (Å²) in [6, 6.07) is 0. The summed E-state index contributed by atoms with van der Waals surface area (Å²) < 4.78 is 0. The van der Waals surface area contributed by atoms with E-state index in [-0.39, 0.29) is 0 Å². The standard InChI is InChI=1S/C12H21N3/c1-9(2)5-12-14-8-11(15-12)6-10-3-4-13-7-10/h8-10,13H,3-7H2,1-2H3,(H,14,15). The number of H-pyrrole nitrogens is 1. The molecule has 2 N–H and O–H groups in total. The summed E-state index contributed by atoms with van der Waals surface area (Å²) >= 11 is 0. The first kappa shape index (κ1) is 10.7. The van der Waals surface area contributed by atoms with Gasteiger partial charge in [-0.3, -0.25) is 0 Å². The maximum Gasteiger partial charge on any atom is 0.106 e. The highest BCUT2D eigenvalue weighted by atomic mass is 14.9. The number of rotatable bonds is 4. The van der Waals surface area contributed by atoms with Crippen molar-refractivity contribution < 1.29 is 0 Å². The molecule has 0 aliphatic carbocycles. The first-order chi connectivity index (χ1) is 7.24. The molecule has 3 heteroatoms. The molecule has 0 aromatic carbocycles. The van der Waals surface area contributed by atoms with Gasteiger partial charge in [-0.05, 0) is 37.8 Å². The van der Waals surface area contributed by atoms with E-state index in [1.807, 2.05) is 6.20 Å². The van der Waals surface area contributed by atoms with Crippen LogP contribution in [0.1, 0.15) is 31.8 Å². The number of nitrogens with zero attached hydrogens (tertiary/aromatic N) is 1. The van der Waals surface area contributed by atoms with Crippen LogP contribution in [0.25, 0.3) is 0 Å². The maximum atomic E-state index is 4.42. The fraction of sp³-hybridized carbons (Fsp3) is 0.750. The molecule has 0 radical (unpaired) electrons. The molecule has 3 nitrogen and oxygen atoms in total. The Kier molecular flexibility index (Phi) is 3.41. The van der Waals surface area contributed by atoms with Gasteiger partial charge in [-0.15, -0.1) is 0 Å². The Bertz CT molecular complexity index is 298. The van der Waals surface area contributed by atoms with E-state index in [2.05, 4.69) is 29.1 Å². The van der Waals surface area contributed by atoms with Crippen LogP contribution in [0.5, 0.6) is 0 Å². The SMILES string of the molecule is CC(C)Cc1ncc(CC2CCNC2)[nH]1. The average Bonchev–Trinajstić information content (AvgIpc) is 2.77. The third-order valence-corrected chi connectivity index (χ3v) is 2.95. The molecule has 1 aromatic heterocycles. The van der Waals surface area contributed by atoms with Crippen LogP contribution in [0.4, 0.5) is 0 Å². The summed E-state index contributed by atoms with van der Waals surface area (Å²) in [7, 11) is 0. The molecule has 1 atom stereocenters. The fourth-order valence-corrected chi connectivity index (χ4v) is 2.20. The van der Waals surface area contributed by atoms with E-state index in [0.717, 1.165) is 24.6 Å². The molecule has 1 aliphatic heterocycles. The summed E-state index contributed by atoms with van der Waals surface area (Å²) in [5.41, 5.74) is 1.30. The van der Waals surface area contributed by atoms with E-state index in [1.165, 1.54) is 25.2 Å². The molecular weight excluding hydrogens is 186 g/mol. The van der Waals surface area contributed by atoms with Crippen molar-refractivity contribution in [2.45, 2.75) is 33.1 Å². The minimum atomic E-state index is 0.678. The molecule has 2 rings (SSSR count). The minimum absolute atomic E-state index is 0.678. The number of nitrogens with one attached hydrogen (secondary N) is 2. The van der Waals surface area contributed by atoms with Gasteiger partial charge in [0.05, 0.1) is 0 Å². The lowest BCUT2D eigenvalue weighted by atomic mass is 10.0. The molecule has 0 amide bonds. The molecule has 0 saturated carbocycles. The summed E-state index contributed by atoms with van der Waals surface area (Å²) in [5, 5.41) is 3.40. The van der Waals surface area contributed by atoms with Gasteiger partial charge in [-0.1, -0.05) is 13.8 Å². The molecular formula is C12H21N3. The Morgan fingerprint density at radius 3 is 3.07 bits per heavy atom. The average molecular weight is 207 g/mol. The van der Waals surface area contributed by atoms with Crippen LogP contribution in [0.15, 0.2) is 6.20 Å². The zero-order chi connectivity index (χ0) is 10.7. The van der Waals surface area contributed by atoms with E-state index < -0.39 is 0 Å². The molecule has 1 unspecified atom stereocenters. The summed E-state index contributed by atoms with van der Waals surface area (Å²) in [5.74, 6) is 2.63. The van der Waals surface area contributed by atoms with Crippen LogP contribution in [0, 0.1) is 11.8 Å². The Balaban J connectivity index is 1.88. The topological polar surface area (TPSA) is 40.7 Å². The highest BCUT2D eigenvalue weighted by Gasteiger charge is 2.15. The predicted molar refractivity (Wildman–Crippen MR) is 61.8 cm³/mol. The third kappa shape index (κ3) is 3.06. The number of aromatic amines is 1. The van der Waals surface area contributed by atoms with Gasteiger partial charge in [-0.25, -0.2) is 4.98 Å². The number of aromatic nitrogens is 2. The van der Waals surface area contributed by atoms with Crippen molar-refractivity contribution >= 4 is 0 Å². The molecule has 0 spiro atoms. The summed E-state index contributed by atoms with van der Waals surface area (Å²) in [6.45, 7) is 6.79. The van der Waals surface area contributed by atoms with Crippen molar-refractivity contribution in [3.63, 3.8) is 0 Å². The van der Waals surface area contributed by atoms with Crippen molar-refractivity contribution in [1.29, 1.82) is 0 Å². The van der Waals surface area contributed by atoms with Crippen LogP contribution in [0.3, 0.4) is 0 Å². The molecule has 1 aliphatic rings. The summed E-state index contributed by atoms with van der Waals surface area (Å²) in [4.78, 5) is 7.85. The summed E-state index contributed by atoms with van der Waals surface area (Å²) in [6.07, 6.45) is 5.52. The Morgan fingerprint density at radius 2 is 2.40 bits per heavy atom. The second-order valence-electron chi connectivity index (χ2n) is 5.02. The number of hydrogen-bond donors (Lipinski definition) is 2. The zero-order valence-corrected chi connectivity index (χ0v) is 9.71. The van der Waals surface area contributed by atoms with Gasteiger partial charge in [0.2, 0.25) is 0 Å². The van der Waals surface area contributed by atoms with Gasteiger partial charge in [0.15, 0.2) is 0 Å². The first-order valence-electron chi connectivity index (χ1n) is 5.97. The monoisotopic (exact) mass is 207 g/mol. The second-order valence-corrected chi connectivity index (χ2v) is 5.02. The normalized spacial score (nSPS) is 21.4. The largest absolute Gasteiger partial charge is 0.346 e. The highest BCUT2D eigenvalue weighted by Crippen LogP contribution is 2.14. The molecule has 1 fully saturated rings. The Labute approximate surface area is 91.7 Å². The lowest BCUT2D eigenvalue weighted by molar-refractivity contribution is 0.570. The van der Waals surface area contributed by atoms with Crippen molar-refractivity contribution in [1.82, 2.24) is 15.3 Å². The first-order valence-corrected chi connectivity index (χ1v) is 5.97. The molecule has 2 heterocycles. The van der Waals surface area contributed by atoms with Crippen LogP contribution in [-0.2, 0) is 12.8 Å².